The Morgan fingerprint density at radius 3 is 3.00 bits per heavy atom. The van der Waals surface area contributed by atoms with Gasteiger partial charge >= 0.3 is 0 Å². The van der Waals surface area contributed by atoms with E-state index < -0.39 is 0 Å². The maximum atomic E-state index is 12.9. The zero-order valence-corrected chi connectivity index (χ0v) is 8.50. The van der Waals surface area contributed by atoms with Crippen molar-refractivity contribution in [1.82, 2.24) is 5.32 Å². The molecule has 1 aliphatic rings. The van der Waals surface area contributed by atoms with Gasteiger partial charge in [0, 0.05) is 18.0 Å². The Morgan fingerprint density at radius 2 is 2.33 bits per heavy atom. The molecule has 80 valence electrons. The van der Waals surface area contributed by atoms with Crippen molar-refractivity contribution in [2.75, 3.05) is 13.1 Å². The Balaban J connectivity index is 2.12. The number of carbonyl (C=O) groups excluding carboxylic acids is 1. The van der Waals surface area contributed by atoms with Gasteiger partial charge in [-0.15, -0.1) is 0 Å². The zero-order chi connectivity index (χ0) is 10.7. The summed E-state index contributed by atoms with van der Waals surface area (Å²) in [6, 6.07) is 5.94. The van der Waals surface area contributed by atoms with Gasteiger partial charge < -0.3 is 5.32 Å². The van der Waals surface area contributed by atoms with E-state index in [0.717, 1.165) is 25.9 Å². The molecule has 0 bridgehead atoms. The number of halogens is 1. The second-order valence-electron chi connectivity index (χ2n) is 3.92. The molecule has 2 nitrogen and oxygen atoms in total. The predicted molar refractivity (Wildman–Crippen MR) is 56.3 cm³/mol. The third kappa shape index (κ3) is 2.42. The van der Waals surface area contributed by atoms with Crippen LogP contribution >= 0.6 is 0 Å². The second-order valence-corrected chi connectivity index (χ2v) is 3.92. The number of hydrogen-bond acceptors (Lipinski definition) is 2. The highest BCUT2D eigenvalue weighted by Crippen LogP contribution is 2.17. The van der Waals surface area contributed by atoms with Gasteiger partial charge in [0.25, 0.3) is 0 Å². The van der Waals surface area contributed by atoms with E-state index in [9.17, 15) is 9.18 Å². The van der Waals surface area contributed by atoms with Gasteiger partial charge in [-0.05, 0) is 31.5 Å². The summed E-state index contributed by atoms with van der Waals surface area (Å²) in [6.07, 6.45) is 1.92. The molecule has 1 fully saturated rings. The summed E-state index contributed by atoms with van der Waals surface area (Å²) in [5.41, 5.74) is 0.490. The first kappa shape index (κ1) is 10.3. The number of benzene rings is 1. The van der Waals surface area contributed by atoms with Crippen LogP contribution < -0.4 is 5.32 Å². The van der Waals surface area contributed by atoms with Crippen LogP contribution in [0.4, 0.5) is 4.39 Å². The fraction of sp³-hybridized carbons (Fsp3) is 0.417. The lowest BCUT2D eigenvalue weighted by Gasteiger charge is -2.21. The molecule has 1 N–H and O–H groups in total. The van der Waals surface area contributed by atoms with Crippen molar-refractivity contribution in [3.05, 3.63) is 35.6 Å². The lowest BCUT2D eigenvalue weighted by atomic mass is 9.91. The molecule has 2 rings (SSSR count). The number of Topliss-reactive ketones (excluding diaryl/α,β-unsaturated/α-hetero) is 1. The fourth-order valence-corrected chi connectivity index (χ4v) is 1.95. The molecule has 1 atom stereocenters. The average molecular weight is 207 g/mol. The van der Waals surface area contributed by atoms with Crippen molar-refractivity contribution in [2.45, 2.75) is 12.8 Å². The molecule has 0 spiro atoms. The third-order valence-corrected chi connectivity index (χ3v) is 2.78. The summed E-state index contributed by atoms with van der Waals surface area (Å²) < 4.78 is 12.9. The van der Waals surface area contributed by atoms with Crippen LogP contribution in [0.2, 0.25) is 0 Å². The van der Waals surface area contributed by atoms with Crippen LogP contribution in [0.15, 0.2) is 24.3 Å². The Morgan fingerprint density at radius 1 is 1.47 bits per heavy atom. The maximum absolute atomic E-state index is 12.9. The largest absolute Gasteiger partial charge is 0.316 e. The van der Waals surface area contributed by atoms with Crippen LogP contribution in [-0.2, 0) is 0 Å². The van der Waals surface area contributed by atoms with Crippen molar-refractivity contribution in [3.63, 3.8) is 0 Å². The third-order valence-electron chi connectivity index (χ3n) is 2.78. The van der Waals surface area contributed by atoms with Gasteiger partial charge in [0.1, 0.15) is 5.82 Å². The maximum Gasteiger partial charge on any atom is 0.167 e. The van der Waals surface area contributed by atoms with Gasteiger partial charge in [-0.2, -0.15) is 0 Å². The van der Waals surface area contributed by atoms with Gasteiger partial charge in [0.2, 0.25) is 0 Å². The van der Waals surface area contributed by atoms with Crippen LogP contribution in [0.1, 0.15) is 23.2 Å². The van der Waals surface area contributed by atoms with Crippen LogP contribution in [0.3, 0.4) is 0 Å². The lowest BCUT2D eigenvalue weighted by molar-refractivity contribution is 0.0899. The molecule has 1 aliphatic heterocycles. The Labute approximate surface area is 88.5 Å². The van der Waals surface area contributed by atoms with Crippen molar-refractivity contribution in [3.8, 4) is 0 Å². The number of ketones is 1. The lowest BCUT2D eigenvalue weighted by Crippen LogP contribution is -2.34. The molecule has 0 aliphatic carbocycles. The first-order valence-corrected chi connectivity index (χ1v) is 5.28. The van der Waals surface area contributed by atoms with Crippen molar-refractivity contribution in [1.29, 1.82) is 0 Å². The predicted octanol–water partition coefficient (Wildman–Crippen LogP) is 2.01. The molecule has 1 saturated heterocycles. The summed E-state index contributed by atoms with van der Waals surface area (Å²) in [7, 11) is 0. The minimum atomic E-state index is -0.343. The van der Waals surface area contributed by atoms with Gasteiger partial charge in [0.15, 0.2) is 5.78 Å². The first-order valence-electron chi connectivity index (χ1n) is 5.28. The number of rotatable bonds is 2. The molecular weight excluding hydrogens is 193 g/mol. The Bertz CT molecular complexity index is 358. The van der Waals surface area contributed by atoms with E-state index in [1.807, 2.05) is 0 Å². The first-order chi connectivity index (χ1) is 7.27. The number of hydrogen-bond donors (Lipinski definition) is 1. The minimum Gasteiger partial charge on any atom is -0.316 e. The SMILES string of the molecule is O=C(c1cccc(F)c1)C1CCCNC1. The quantitative estimate of drug-likeness (QED) is 0.751. The highest BCUT2D eigenvalue weighted by molar-refractivity contribution is 5.98. The van der Waals surface area contributed by atoms with Crippen LogP contribution in [-0.4, -0.2) is 18.9 Å². The molecule has 1 heterocycles. The Hall–Kier alpha value is -1.22. The molecule has 3 heteroatoms. The molecule has 0 aromatic heterocycles. The molecule has 0 radical (unpaired) electrons. The normalized spacial score (nSPS) is 21.3. The number of piperidine rings is 1. The van der Waals surface area contributed by atoms with E-state index >= 15 is 0 Å². The topological polar surface area (TPSA) is 29.1 Å². The van der Waals surface area contributed by atoms with Gasteiger partial charge in [-0.1, -0.05) is 12.1 Å². The highest BCUT2D eigenvalue weighted by atomic mass is 19.1. The molecule has 15 heavy (non-hydrogen) atoms. The van der Waals surface area contributed by atoms with Gasteiger partial charge in [-0.25, -0.2) is 4.39 Å². The van der Waals surface area contributed by atoms with E-state index in [1.165, 1.54) is 12.1 Å². The molecule has 1 unspecified atom stereocenters. The number of carbonyl (C=O) groups is 1. The van der Waals surface area contributed by atoms with Crippen LogP contribution in [0, 0.1) is 11.7 Å². The summed E-state index contributed by atoms with van der Waals surface area (Å²) in [6.45, 7) is 1.70. The molecule has 1 aromatic rings. The van der Waals surface area contributed by atoms with Crippen molar-refractivity contribution in [2.24, 2.45) is 5.92 Å². The zero-order valence-electron chi connectivity index (χ0n) is 8.50. The smallest absolute Gasteiger partial charge is 0.167 e. The standard InChI is InChI=1S/C12H14FNO/c13-11-5-1-3-9(7-11)12(15)10-4-2-6-14-8-10/h1,3,5,7,10,14H,2,4,6,8H2. The second kappa shape index (κ2) is 4.53. The summed E-state index contributed by atoms with van der Waals surface area (Å²) in [5.74, 6) is -0.271. The molecule has 0 amide bonds. The van der Waals surface area contributed by atoms with Crippen LogP contribution in [0.25, 0.3) is 0 Å². The van der Waals surface area contributed by atoms with Gasteiger partial charge in [0.05, 0.1) is 0 Å². The molecular formula is C12H14FNO. The Kier molecular flexibility index (Phi) is 3.11. The van der Waals surface area contributed by atoms with E-state index in [0.29, 0.717) is 5.56 Å². The number of nitrogens with one attached hydrogen (secondary N) is 1. The monoisotopic (exact) mass is 207 g/mol. The molecule has 1 aromatic carbocycles. The van der Waals surface area contributed by atoms with E-state index in [2.05, 4.69) is 5.32 Å². The van der Waals surface area contributed by atoms with Crippen molar-refractivity contribution < 1.29 is 9.18 Å². The summed E-state index contributed by atoms with van der Waals surface area (Å²) in [4.78, 5) is 11.9. The minimum absolute atomic E-state index is 0.0144. The molecule has 0 saturated carbocycles. The average Bonchev–Trinajstić information content (AvgIpc) is 2.29. The van der Waals surface area contributed by atoms with E-state index in [-0.39, 0.29) is 17.5 Å². The highest BCUT2D eigenvalue weighted by Gasteiger charge is 2.22. The fourth-order valence-electron chi connectivity index (χ4n) is 1.95. The van der Waals surface area contributed by atoms with Crippen LogP contribution in [0.5, 0.6) is 0 Å². The van der Waals surface area contributed by atoms with E-state index in [1.54, 1.807) is 12.1 Å². The van der Waals surface area contributed by atoms with E-state index in [4.69, 9.17) is 0 Å². The summed E-state index contributed by atoms with van der Waals surface area (Å²) >= 11 is 0. The van der Waals surface area contributed by atoms with Crippen molar-refractivity contribution >= 4 is 5.78 Å². The summed E-state index contributed by atoms with van der Waals surface area (Å²) in [5, 5.41) is 3.19. The van der Waals surface area contributed by atoms with Gasteiger partial charge in [-0.3, -0.25) is 4.79 Å².